The Kier molecular flexibility index (Phi) is 5.37. The molecule has 0 heterocycles. The third-order valence-corrected chi connectivity index (χ3v) is 2.69. The second-order valence-electron chi connectivity index (χ2n) is 3.98. The summed E-state index contributed by atoms with van der Waals surface area (Å²) in [5.74, 6) is 0. The van der Waals surface area contributed by atoms with E-state index in [1.807, 2.05) is 7.05 Å². The predicted octanol–water partition coefficient (Wildman–Crippen LogP) is 2.37. The van der Waals surface area contributed by atoms with Crippen LogP contribution in [-0.2, 0) is 17.8 Å². The zero-order valence-electron chi connectivity index (χ0n) is 9.92. The summed E-state index contributed by atoms with van der Waals surface area (Å²) >= 11 is 0. The van der Waals surface area contributed by atoms with Crippen molar-refractivity contribution in [2.75, 3.05) is 14.2 Å². The van der Waals surface area contributed by atoms with Crippen LogP contribution in [-0.4, -0.2) is 20.2 Å². The van der Waals surface area contributed by atoms with E-state index in [9.17, 15) is 0 Å². The Morgan fingerprint density at radius 3 is 2.33 bits per heavy atom. The fraction of sp³-hybridized carbons (Fsp3) is 0.538. The van der Waals surface area contributed by atoms with Crippen LogP contribution in [0, 0.1) is 0 Å². The Labute approximate surface area is 92.6 Å². The van der Waals surface area contributed by atoms with Crippen molar-refractivity contribution in [2.24, 2.45) is 0 Å². The lowest BCUT2D eigenvalue weighted by atomic mass is 10.0. The standard InChI is InChI=1S/C13H21NO/c1-11(14-2)4-5-12-6-8-13(9-7-12)10-15-3/h6-9,11,14H,4-5,10H2,1-3H3. The lowest BCUT2D eigenvalue weighted by Gasteiger charge is -2.09. The Balaban J connectivity index is 2.42. The molecular formula is C13H21NO. The average Bonchev–Trinajstić information content (AvgIpc) is 2.28. The van der Waals surface area contributed by atoms with Gasteiger partial charge in [-0.15, -0.1) is 0 Å². The van der Waals surface area contributed by atoms with Gasteiger partial charge in [-0.05, 0) is 37.9 Å². The van der Waals surface area contributed by atoms with E-state index in [4.69, 9.17) is 4.74 Å². The van der Waals surface area contributed by atoms with Gasteiger partial charge in [-0.2, -0.15) is 0 Å². The van der Waals surface area contributed by atoms with Crippen molar-refractivity contribution < 1.29 is 4.74 Å². The third-order valence-electron chi connectivity index (χ3n) is 2.69. The van der Waals surface area contributed by atoms with Gasteiger partial charge >= 0.3 is 0 Å². The van der Waals surface area contributed by atoms with Crippen LogP contribution < -0.4 is 5.32 Å². The normalized spacial score (nSPS) is 12.7. The molecule has 15 heavy (non-hydrogen) atoms. The minimum absolute atomic E-state index is 0.587. The smallest absolute Gasteiger partial charge is 0.0713 e. The van der Waals surface area contributed by atoms with Crippen molar-refractivity contribution in [1.82, 2.24) is 5.32 Å². The minimum atomic E-state index is 0.587. The molecule has 0 saturated heterocycles. The van der Waals surface area contributed by atoms with Crippen LogP contribution in [0.1, 0.15) is 24.5 Å². The molecular weight excluding hydrogens is 186 g/mol. The molecule has 0 bridgehead atoms. The van der Waals surface area contributed by atoms with Crippen molar-refractivity contribution in [3.8, 4) is 0 Å². The van der Waals surface area contributed by atoms with Crippen LogP contribution in [0.25, 0.3) is 0 Å². The van der Waals surface area contributed by atoms with Gasteiger partial charge in [0, 0.05) is 13.2 Å². The molecule has 1 aromatic carbocycles. The number of aryl methyl sites for hydroxylation is 1. The molecule has 1 atom stereocenters. The molecule has 1 rings (SSSR count). The van der Waals surface area contributed by atoms with Crippen molar-refractivity contribution >= 4 is 0 Å². The zero-order valence-corrected chi connectivity index (χ0v) is 9.92. The SMILES string of the molecule is CNC(C)CCc1ccc(COC)cc1. The highest BCUT2D eigenvalue weighted by atomic mass is 16.5. The molecule has 0 aliphatic rings. The molecule has 0 aliphatic heterocycles. The van der Waals surface area contributed by atoms with Gasteiger partial charge in [0.15, 0.2) is 0 Å². The summed E-state index contributed by atoms with van der Waals surface area (Å²) in [7, 11) is 3.73. The van der Waals surface area contributed by atoms with Crippen molar-refractivity contribution in [1.29, 1.82) is 0 Å². The van der Waals surface area contributed by atoms with Crippen LogP contribution in [0.4, 0.5) is 0 Å². The Bertz CT molecular complexity index is 268. The van der Waals surface area contributed by atoms with Gasteiger partial charge in [-0.3, -0.25) is 0 Å². The molecule has 0 saturated carbocycles. The fourth-order valence-electron chi connectivity index (χ4n) is 1.50. The highest BCUT2D eigenvalue weighted by Crippen LogP contribution is 2.08. The zero-order chi connectivity index (χ0) is 11.1. The summed E-state index contributed by atoms with van der Waals surface area (Å²) in [6.07, 6.45) is 2.31. The van der Waals surface area contributed by atoms with Crippen molar-refractivity contribution in [3.63, 3.8) is 0 Å². The molecule has 0 radical (unpaired) electrons. The van der Waals surface area contributed by atoms with Crippen LogP contribution >= 0.6 is 0 Å². The second kappa shape index (κ2) is 6.59. The first kappa shape index (κ1) is 12.2. The Morgan fingerprint density at radius 1 is 1.20 bits per heavy atom. The highest BCUT2D eigenvalue weighted by Gasteiger charge is 1.99. The first-order chi connectivity index (χ1) is 7.26. The first-order valence-corrected chi connectivity index (χ1v) is 5.50. The van der Waals surface area contributed by atoms with E-state index in [0.29, 0.717) is 12.6 Å². The largest absolute Gasteiger partial charge is 0.380 e. The lowest BCUT2D eigenvalue weighted by molar-refractivity contribution is 0.185. The maximum absolute atomic E-state index is 5.07. The molecule has 1 N–H and O–H groups in total. The van der Waals surface area contributed by atoms with Crippen LogP contribution in [0.2, 0.25) is 0 Å². The van der Waals surface area contributed by atoms with Crippen molar-refractivity contribution in [3.05, 3.63) is 35.4 Å². The molecule has 1 unspecified atom stereocenters. The van der Waals surface area contributed by atoms with E-state index in [-0.39, 0.29) is 0 Å². The Hall–Kier alpha value is -0.860. The number of ether oxygens (including phenoxy) is 1. The average molecular weight is 207 g/mol. The molecule has 1 aromatic rings. The summed E-state index contributed by atoms with van der Waals surface area (Å²) in [5, 5.41) is 3.25. The maximum atomic E-state index is 5.07. The van der Waals surface area contributed by atoms with E-state index in [1.54, 1.807) is 7.11 Å². The number of nitrogens with one attached hydrogen (secondary N) is 1. The summed E-state index contributed by atoms with van der Waals surface area (Å²) < 4.78 is 5.07. The van der Waals surface area contributed by atoms with Crippen LogP contribution in [0.15, 0.2) is 24.3 Å². The van der Waals surface area contributed by atoms with Gasteiger partial charge in [-0.25, -0.2) is 0 Å². The van der Waals surface area contributed by atoms with E-state index in [1.165, 1.54) is 17.5 Å². The molecule has 84 valence electrons. The van der Waals surface area contributed by atoms with E-state index in [2.05, 4.69) is 36.5 Å². The van der Waals surface area contributed by atoms with Gasteiger partial charge in [0.1, 0.15) is 0 Å². The fourth-order valence-corrected chi connectivity index (χ4v) is 1.50. The molecule has 0 aliphatic carbocycles. The summed E-state index contributed by atoms with van der Waals surface area (Å²) in [4.78, 5) is 0. The van der Waals surface area contributed by atoms with Gasteiger partial charge in [0.2, 0.25) is 0 Å². The van der Waals surface area contributed by atoms with Crippen molar-refractivity contribution in [2.45, 2.75) is 32.4 Å². The van der Waals surface area contributed by atoms with Crippen LogP contribution in [0.3, 0.4) is 0 Å². The number of benzene rings is 1. The molecule has 0 spiro atoms. The first-order valence-electron chi connectivity index (χ1n) is 5.50. The summed E-state index contributed by atoms with van der Waals surface area (Å²) in [6, 6.07) is 9.25. The minimum Gasteiger partial charge on any atom is -0.380 e. The maximum Gasteiger partial charge on any atom is 0.0713 e. The third kappa shape index (κ3) is 4.45. The molecule has 0 amide bonds. The monoisotopic (exact) mass is 207 g/mol. The lowest BCUT2D eigenvalue weighted by Crippen LogP contribution is -2.21. The number of rotatable bonds is 6. The molecule has 2 nitrogen and oxygen atoms in total. The summed E-state index contributed by atoms with van der Waals surface area (Å²) in [5.41, 5.74) is 2.64. The number of hydrogen-bond acceptors (Lipinski definition) is 2. The van der Waals surface area contributed by atoms with Gasteiger partial charge in [0.05, 0.1) is 6.61 Å². The molecule has 0 fully saturated rings. The van der Waals surface area contributed by atoms with Crippen LogP contribution in [0.5, 0.6) is 0 Å². The van der Waals surface area contributed by atoms with E-state index in [0.717, 1.165) is 6.42 Å². The summed E-state index contributed by atoms with van der Waals surface area (Å²) in [6.45, 7) is 2.91. The van der Waals surface area contributed by atoms with Gasteiger partial charge in [0.25, 0.3) is 0 Å². The van der Waals surface area contributed by atoms with Gasteiger partial charge < -0.3 is 10.1 Å². The number of methoxy groups -OCH3 is 1. The Morgan fingerprint density at radius 2 is 1.80 bits per heavy atom. The van der Waals surface area contributed by atoms with E-state index < -0.39 is 0 Å². The van der Waals surface area contributed by atoms with E-state index >= 15 is 0 Å². The highest BCUT2D eigenvalue weighted by molar-refractivity contribution is 5.22. The quantitative estimate of drug-likeness (QED) is 0.773. The molecule has 0 aromatic heterocycles. The number of hydrogen-bond donors (Lipinski definition) is 1. The predicted molar refractivity (Wildman–Crippen MR) is 64.0 cm³/mol. The molecule has 2 heteroatoms. The van der Waals surface area contributed by atoms with Gasteiger partial charge in [-0.1, -0.05) is 24.3 Å². The topological polar surface area (TPSA) is 21.3 Å². The second-order valence-corrected chi connectivity index (χ2v) is 3.98.